The number of carbonyl (C=O) groups is 2. The zero-order valence-corrected chi connectivity index (χ0v) is 21.7. The van der Waals surface area contributed by atoms with Crippen LogP contribution in [0.2, 0.25) is 0 Å². The Morgan fingerprint density at radius 3 is 2.21 bits per heavy atom. The summed E-state index contributed by atoms with van der Waals surface area (Å²) in [5.74, 6) is 0.144. The predicted octanol–water partition coefficient (Wildman–Crippen LogP) is 5.71. The normalized spacial score (nSPS) is 11.8. The van der Waals surface area contributed by atoms with Crippen molar-refractivity contribution in [2.24, 2.45) is 5.92 Å². The van der Waals surface area contributed by atoms with E-state index in [0.29, 0.717) is 25.4 Å². The lowest BCUT2D eigenvalue weighted by Gasteiger charge is -2.32. The summed E-state index contributed by atoms with van der Waals surface area (Å²) >= 11 is 3.48. The number of hydrogen-bond acceptors (Lipinski definition) is 2. The van der Waals surface area contributed by atoms with Crippen molar-refractivity contribution < 1.29 is 9.59 Å². The summed E-state index contributed by atoms with van der Waals surface area (Å²) in [7, 11) is 0. The minimum Gasteiger partial charge on any atom is -0.354 e. The van der Waals surface area contributed by atoms with Crippen LogP contribution in [0.15, 0.2) is 83.3 Å². The lowest BCUT2D eigenvalue weighted by Crippen LogP contribution is -2.51. The number of aryl methyl sites for hydroxylation is 1. The zero-order valence-electron chi connectivity index (χ0n) is 20.1. The highest BCUT2D eigenvalue weighted by atomic mass is 79.9. The van der Waals surface area contributed by atoms with Crippen LogP contribution in [0.3, 0.4) is 0 Å². The molecular weight excluding hydrogens is 488 g/mol. The molecule has 0 aliphatic rings. The molecule has 5 heteroatoms. The molecule has 0 saturated carbocycles. The van der Waals surface area contributed by atoms with Crippen LogP contribution in [-0.2, 0) is 29.0 Å². The summed E-state index contributed by atoms with van der Waals surface area (Å²) in [6.07, 6.45) is 0.710. The van der Waals surface area contributed by atoms with E-state index in [1.54, 1.807) is 4.90 Å². The fourth-order valence-electron chi connectivity index (χ4n) is 3.86. The molecule has 3 aromatic carbocycles. The van der Waals surface area contributed by atoms with E-state index in [4.69, 9.17) is 0 Å². The third-order valence-corrected chi connectivity index (χ3v) is 6.19. The van der Waals surface area contributed by atoms with Gasteiger partial charge in [0.15, 0.2) is 0 Å². The smallest absolute Gasteiger partial charge is 0.243 e. The molecular formula is C29H33BrN2O2. The maximum absolute atomic E-state index is 13.7. The molecule has 1 N–H and O–H groups in total. The molecule has 1 atom stereocenters. The molecule has 0 unspecified atom stereocenters. The Hall–Kier alpha value is -2.92. The van der Waals surface area contributed by atoms with Crippen molar-refractivity contribution in [2.75, 3.05) is 6.54 Å². The molecule has 34 heavy (non-hydrogen) atoms. The highest BCUT2D eigenvalue weighted by molar-refractivity contribution is 9.10. The quantitative estimate of drug-likeness (QED) is 0.372. The van der Waals surface area contributed by atoms with Gasteiger partial charge in [0.2, 0.25) is 11.8 Å². The van der Waals surface area contributed by atoms with Gasteiger partial charge in [-0.2, -0.15) is 0 Å². The van der Waals surface area contributed by atoms with E-state index >= 15 is 0 Å². The van der Waals surface area contributed by atoms with Gasteiger partial charge in [0.25, 0.3) is 0 Å². The average Bonchev–Trinajstić information content (AvgIpc) is 2.81. The topological polar surface area (TPSA) is 49.4 Å². The second-order valence-electron chi connectivity index (χ2n) is 9.16. The van der Waals surface area contributed by atoms with Crippen LogP contribution in [0.4, 0.5) is 0 Å². The van der Waals surface area contributed by atoms with Gasteiger partial charge in [0.1, 0.15) is 6.04 Å². The first-order chi connectivity index (χ1) is 16.3. The van der Waals surface area contributed by atoms with Crippen molar-refractivity contribution in [3.8, 4) is 0 Å². The summed E-state index contributed by atoms with van der Waals surface area (Å²) in [5, 5.41) is 3.07. The summed E-state index contributed by atoms with van der Waals surface area (Å²) in [4.78, 5) is 28.9. The van der Waals surface area contributed by atoms with Crippen molar-refractivity contribution in [2.45, 2.75) is 46.2 Å². The van der Waals surface area contributed by atoms with Gasteiger partial charge >= 0.3 is 0 Å². The zero-order chi connectivity index (χ0) is 24.5. The van der Waals surface area contributed by atoms with Crippen molar-refractivity contribution >= 4 is 27.7 Å². The minimum absolute atomic E-state index is 0.0610. The van der Waals surface area contributed by atoms with Gasteiger partial charge in [-0.3, -0.25) is 9.59 Å². The molecule has 0 spiro atoms. The molecule has 0 saturated heterocycles. The van der Waals surface area contributed by atoms with Gasteiger partial charge in [-0.15, -0.1) is 0 Å². The van der Waals surface area contributed by atoms with Crippen LogP contribution in [0, 0.1) is 12.8 Å². The first-order valence-electron chi connectivity index (χ1n) is 11.7. The lowest BCUT2D eigenvalue weighted by molar-refractivity contribution is -0.140. The Balaban J connectivity index is 1.94. The van der Waals surface area contributed by atoms with Crippen molar-refractivity contribution in [1.29, 1.82) is 0 Å². The molecule has 0 aliphatic carbocycles. The Labute approximate surface area is 211 Å². The van der Waals surface area contributed by atoms with Crippen molar-refractivity contribution in [1.82, 2.24) is 10.2 Å². The summed E-state index contributed by atoms with van der Waals surface area (Å²) in [6.45, 7) is 7.09. The molecule has 3 aromatic rings. The van der Waals surface area contributed by atoms with E-state index in [-0.39, 0.29) is 18.2 Å². The Bertz CT molecular complexity index is 1080. The number of amides is 2. The van der Waals surface area contributed by atoms with Crippen molar-refractivity contribution in [3.63, 3.8) is 0 Å². The molecule has 178 valence electrons. The lowest BCUT2D eigenvalue weighted by atomic mass is 10.0. The predicted molar refractivity (Wildman–Crippen MR) is 141 cm³/mol. The Morgan fingerprint density at radius 2 is 1.56 bits per heavy atom. The first-order valence-corrected chi connectivity index (χ1v) is 12.5. The molecule has 2 amide bonds. The maximum atomic E-state index is 13.7. The largest absolute Gasteiger partial charge is 0.354 e. The van der Waals surface area contributed by atoms with Gasteiger partial charge < -0.3 is 10.2 Å². The van der Waals surface area contributed by atoms with E-state index in [9.17, 15) is 9.59 Å². The number of hydrogen-bond donors (Lipinski definition) is 1. The number of nitrogens with zero attached hydrogens (tertiary/aromatic N) is 1. The fraction of sp³-hybridized carbons (Fsp3) is 0.310. The maximum Gasteiger partial charge on any atom is 0.243 e. The molecule has 0 heterocycles. The van der Waals surface area contributed by atoms with Gasteiger partial charge in [0, 0.05) is 24.0 Å². The first kappa shape index (κ1) is 25.7. The molecule has 3 rings (SSSR count). The van der Waals surface area contributed by atoms with Crippen LogP contribution in [0.5, 0.6) is 0 Å². The summed E-state index contributed by atoms with van der Waals surface area (Å²) in [6, 6.07) is 25.2. The van der Waals surface area contributed by atoms with E-state index in [1.807, 2.05) is 85.8 Å². The fourth-order valence-corrected chi connectivity index (χ4v) is 4.13. The van der Waals surface area contributed by atoms with Crippen LogP contribution in [-0.4, -0.2) is 29.3 Å². The van der Waals surface area contributed by atoms with Crippen molar-refractivity contribution in [3.05, 3.63) is 106 Å². The van der Waals surface area contributed by atoms with Gasteiger partial charge in [0.05, 0.1) is 6.42 Å². The van der Waals surface area contributed by atoms with Crippen LogP contribution in [0.25, 0.3) is 0 Å². The highest BCUT2D eigenvalue weighted by Crippen LogP contribution is 2.18. The highest BCUT2D eigenvalue weighted by Gasteiger charge is 2.30. The Kier molecular flexibility index (Phi) is 9.46. The molecule has 4 nitrogen and oxygen atoms in total. The van der Waals surface area contributed by atoms with Crippen LogP contribution in [0.1, 0.15) is 36.1 Å². The second-order valence-corrected chi connectivity index (χ2v) is 10.1. The van der Waals surface area contributed by atoms with Gasteiger partial charge in [-0.1, -0.05) is 102 Å². The third-order valence-electron chi connectivity index (χ3n) is 5.66. The van der Waals surface area contributed by atoms with Crippen LogP contribution < -0.4 is 5.32 Å². The number of benzene rings is 3. The third kappa shape index (κ3) is 7.84. The number of halogens is 1. The minimum atomic E-state index is -0.609. The monoisotopic (exact) mass is 520 g/mol. The van der Waals surface area contributed by atoms with Crippen LogP contribution >= 0.6 is 15.9 Å². The molecule has 0 radical (unpaired) electrons. The van der Waals surface area contributed by atoms with Gasteiger partial charge in [-0.05, 0) is 41.7 Å². The second kappa shape index (κ2) is 12.5. The van der Waals surface area contributed by atoms with E-state index in [1.165, 1.54) is 0 Å². The van der Waals surface area contributed by atoms with Gasteiger partial charge in [-0.25, -0.2) is 0 Å². The molecule has 0 bridgehead atoms. The number of carbonyl (C=O) groups excluding carboxylic acids is 2. The van der Waals surface area contributed by atoms with E-state index in [0.717, 1.165) is 26.7 Å². The van der Waals surface area contributed by atoms with E-state index < -0.39 is 6.04 Å². The molecule has 0 aliphatic heterocycles. The van der Waals surface area contributed by atoms with E-state index in [2.05, 4.69) is 35.1 Å². The summed E-state index contributed by atoms with van der Waals surface area (Å²) < 4.78 is 0.976. The molecule has 0 aromatic heterocycles. The standard InChI is InChI=1S/C29H33BrN2O2/c1-21(2)19-31-29(34)27(17-23-9-5-4-6-10-23)32(20-24-12-14-26(30)15-13-24)28(33)18-25-11-7-8-22(3)16-25/h4-16,21,27H,17-20H2,1-3H3,(H,31,34)/t27-/m1/s1. The Morgan fingerprint density at radius 1 is 0.882 bits per heavy atom. The number of rotatable bonds is 10. The number of nitrogens with one attached hydrogen (secondary N) is 1. The SMILES string of the molecule is Cc1cccc(CC(=O)N(Cc2ccc(Br)cc2)[C@H](Cc2ccccc2)C(=O)NCC(C)C)c1. The molecule has 0 fully saturated rings. The summed E-state index contributed by atoms with van der Waals surface area (Å²) in [5.41, 5.74) is 4.07. The average molecular weight is 521 g/mol.